The third kappa shape index (κ3) is 3.22. The topological polar surface area (TPSA) is 3.24 Å². The van der Waals surface area contributed by atoms with Gasteiger partial charge in [0, 0.05) is 11.9 Å². The van der Waals surface area contributed by atoms with Crippen LogP contribution >= 0.6 is 15.9 Å². The molecule has 0 aromatic rings. The van der Waals surface area contributed by atoms with Gasteiger partial charge in [-0.1, -0.05) is 42.1 Å². The zero-order valence-electron chi connectivity index (χ0n) is 10.7. The van der Waals surface area contributed by atoms with Crippen molar-refractivity contribution in [3.05, 3.63) is 0 Å². The van der Waals surface area contributed by atoms with E-state index in [9.17, 15) is 0 Å². The maximum atomic E-state index is 3.59. The first-order chi connectivity index (χ1) is 7.74. The van der Waals surface area contributed by atoms with Crippen molar-refractivity contribution in [1.29, 1.82) is 0 Å². The number of piperidine rings is 1. The van der Waals surface area contributed by atoms with Gasteiger partial charge in [0.2, 0.25) is 0 Å². The lowest BCUT2D eigenvalue weighted by molar-refractivity contribution is 0.0626. The number of rotatable bonds is 3. The fourth-order valence-corrected chi connectivity index (χ4v) is 3.71. The third-order valence-electron chi connectivity index (χ3n) is 4.66. The van der Waals surface area contributed by atoms with E-state index in [1.807, 2.05) is 0 Å². The molecule has 0 radical (unpaired) electrons. The van der Waals surface area contributed by atoms with Crippen LogP contribution in [0.5, 0.6) is 0 Å². The molecule has 1 atom stereocenters. The molecule has 2 rings (SSSR count). The highest BCUT2D eigenvalue weighted by molar-refractivity contribution is 9.09. The predicted molar refractivity (Wildman–Crippen MR) is 74.2 cm³/mol. The molecule has 1 spiro atoms. The maximum Gasteiger partial charge on any atom is 0.00692 e. The average molecular weight is 288 g/mol. The summed E-state index contributed by atoms with van der Waals surface area (Å²) in [6.07, 6.45) is 10.5. The van der Waals surface area contributed by atoms with Gasteiger partial charge in [0.25, 0.3) is 0 Å². The van der Waals surface area contributed by atoms with Crippen LogP contribution in [0.2, 0.25) is 0 Å². The predicted octanol–water partition coefficient (Wildman–Crippen LogP) is 4.06. The van der Waals surface area contributed by atoms with Gasteiger partial charge in [0.1, 0.15) is 0 Å². The van der Waals surface area contributed by atoms with Gasteiger partial charge in [0.05, 0.1) is 0 Å². The Labute approximate surface area is 109 Å². The summed E-state index contributed by atoms with van der Waals surface area (Å²) in [6, 6.07) is 0. The molecule has 0 aromatic carbocycles. The molecular weight excluding hydrogens is 262 g/mol. The van der Waals surface area contributed by atoms with Crippen molar-refractivity contribution in [2.75, 3.05) is 25.0 Å². The Hall–Kier alpha value is 0.440. The smallest absolute Gasteiger partial charge is 0.00692 e. The van der Waals surface area contributed by atoms with Crippen molar-refractivity contribution in [2.45, 2.75) is 51.9 Å². The van der Waals surface area contributed by atoms with Gasteiger partial charge in [-0.05, 0) is 50.1 Å². The van der Waals surface area contributed by atoms with Gasteiger partial charge in [-0.2, -0.15) is 0 Å². The minimum atomic E-state index is 0.770. The molecule has 0 bridgehead atoms. The summed E-state index contributed by atoms with van der Waals surface area (Å²) in [5.74, 6) is 0.806. The van der Waals surface area contributed by atoms with Crippen LogP contribution < -0.4 is 0 Å². The number of likely N-dealkylation sites (tertiary alicyclic amines) is 1. The Balaban J connectivity index is 1.77. The van der Waals surface area contributed by atoms with Gasteiger partial charge in [-0.15, -0.1) is 0 Å². The van der Waals surface area contributed by atoms with Crippen LogP contribution in [0.3, 0.4) is 0 Å². The van der Waals surface area contributed by atoms with Crippen LogP contribution in [0.1, 0.15) is 51.9 Å². The van der Waals surface area contributed by atoms with Crippen LogP contribution in [0.4, 0.5) is 0 Å². The van der Waals surface area contributed by atoms with Crippen molar-refractivity contribution in [2.24, 2.45) is 11.3 Å². The molecule has 0 aromatic heterocycles. The number of hydrogen-bond acceptors (Lipinski definition) is 1. The average Bonchev–Trinajstić information content (AvgIpc) is 2.33. The molecule has 1 heterocycles. The lowest BCUT2D eigenvalue weighted by atomic mass is 9.68. The Kier molecular flexibility index (Phi) is 4.72. The maximum absolute atomic E-state index is 3.59. The van der Waals surface area contributed by atoms with E-state index < -0.39 is 0 Å². The van der Waals surface area contributed by atoms with E-state index in [0.717, 1.165) is 16.7 Å². The van der Waals surface area contributed by atoms with E-state index in [1.165, 1.54) is 64.6 Å². The molecule has 1 aliphatic heterocycles. The van der Waals surface area contributed by atoms with Crippen molar-refractivity contribution >= 4 is 15.9 Å². The highest BCUT2D eigenvalue weighted by Gasteiger charge is 2.35. The van der Waals surface area contributed by atoms with E-state index in [-0.39, 0.29) is 0 Å². The van der Waals surface area contributed by atoms with Crippen LogP contribution in [0, 0.1) is 11.3 Å². The summed E-state index contributed by atoms with van der Waals surface area (Å²) in [5, 5.41) is 1.15. The second-order valence-electron chi connectivity index (χ2n) is 6.12. The summed E-state index contributed by atoms with van der Waals surface area (Å²) in [7, 11) is 0. The van der Waals surface area contributed by atoms with Crippen molar-refractivity contribution in [3.8, 4) is 0 Å². The van der Waals surface area contributed by atoms with Gasteiger partial charge in [-0.3, -0.25) is 0 Å². The van der Waals surface area contributed by atoms with Gasteiger partial charge >= 0.3 is 0 Å². The van der Waals surface area contributed by atoms with Crippen LogP contribution in [-0.4, -0.2) is 29.9 Å². The lowest BCUT2D eigenvalue weighted by Gasteiger charge is -2.44. The first kappa shape index (κ1) is 12.9. The zero-order chi connectivity index (χ0) is 11.4. The van der Waals surface area contributed by atoms with E-state index in [2.05, 4.69) is 27.8 Å². The molecule has 94 valence electrons. The first-order valence-electron chi connectivity index (χ1n) is 7.02. The largest absolute Gasteiger partial charge is 0.303 e. The second-order valence-corrected chi connectivity index (χ2v) is 6.77. The Morgan fingerprint density at radius 2 is 1.69 bits per heavy atom. The quantitative estimate of drug-likeness (QED) is 0.708. The summed E-state index contributed by atoms with van der Waals surface area (Å²) >= 11 is 3.59. The first-order valence-corrected chi connectivity index (χ1v) is 8.15. The van der Waals surface area contributed by atoms with E-state index in [4.69, 9.17) is 0 Å². The number of nitrogens with zero attached hydrogens (tertiary/aromatic N) is 1. The molecule has 2 fully saturated rings. The van der Waals surface area contributed by atoms with Crippen LogP contribution in [0.25, 0.3) is 0 Å². The Morgan fingerprint density at radius 1 is 1.06 bits per heavy atom. The van der Waals surface area contributed by atoms with Gasteiger partial charge in [-0.25, -0.2) is 0 Å². The summed E-state index contributed by atoms with van der Waals surface area (Å²) < 4.78 is 0. The van der Waals surface area contributed by atoms with Gasteiger partial charge in [0.15, 0.2) is 0 Å². The third-order valence-corrected chi connectivity index (χ3v) is 5.77. The fraction of sp³-hybridized carbons (Fsp3) is 1.00. The molecule has 2 heteroatoms. The second kappa shape index (κ2) is 5.86. The van der Waals surface area contributed by atoms with E-state index in [0.29, 0.717) is 0 Å². The minimum absolute atomic E-state index is 0.770. The van der Waals surface area contributed by atoms with E-state index >= 15 is 0 Å². The lowest BCUT2D eigenvalue weighted by Crippen LogP contribution is -2.42. The summed E-state index contributed by atoms with van der Waals surface area (Å²) in [6.45, 7) is 6.36. The molecule has 0 N–H and O–H groups in total. The number of alkyl halides is 1. The number of halogens is 1. The zero-order valence-corrected chi connectivity index (χ0v) is 12.3. The van der Waals surface area contributed by atoms with Crippen LogP contribution in [-0.2, 0) is 0 Å². The molecule has 1 saturated carbocycles. The molecule has 0 amide bonds. The van der Waals surface area contributed by atoms with Crippen molar-refractivity contribution < 1.29 is 0 Å². The normalized spacial score (nSPS) is 28.1. The Morgan fingerprint density at radius 3 is 2.25 bits per heavy atom. The SMILES string of the molecule is CC(CBr)CN1CCC2(CCCCC2)CC1. The van der Waals surface area contributed by atoms with E-state index in [1.54, 1.807) is 0 Å². The molecule has 2 aliphatic rings. The highest BCUT2D eigenvalue weighted by Crippen LogP contribution is 2.44. The summed E-state index contributed by atoms with van der Waals surface area (Å²) in [5.41, 5.74) is 0.770. The molecule has 1 saturated heterocycles. The van der Waals surface area contributed by atoms with Crippen LogP contribution in [0.15, 0.2) is 0 Å². The fourth-order valence-electron chi connectivity index (χ4n) is 3.50. The standard InChI is InChI=1S/C14H26BrN/c1-13(11-15)12-16-9-7-14(8-10-16)5-3-2-4-6-14/h13H,2-12H2,1H3. The highest BCUT2D eigenvalue weighted by atomic mass is 79.9. The molecular formula is C14H26BrN. The van der Waals surface area contributed by atoms with Crippen molar-refractivity contribution in [1.82, 2.24) is 4.90 Å². The molecule has 1 unspecified atom stereocenters. The molecule has 1 aliphatic carbocycles. The monoisotopic (exact) mass is 287 g/mol. The van der Waals surface area contributed by atoms with Crippen molar-refractivity contribution in [3.63, 3.8) is 0 Å². The molecule has 16 heavy (non-hydrogen) atoms. The Bertz CT molecular complexity index is 201. The molecule has 1 nitrogen and oxygen atoms in total. The minimum Gasteiger partial charge on any atom is -0.303 e. The summed E-state index contributed by atoms with van der Waals surface area (Å²) in [4.78, 5) is 2.69. The van der Waals surface area contributed by atoms with Gasteiger partial charge < -0.3 is 4.90 Å². The number of hydrogen-bond donors (Lipinski definition) is 0.